The first-order valence-corrected chi connectivity index (χ1v) is 11.9. The van der Waals surface area contributed by atoms with E-state index in [4.69, 9.17) is 20.3 Å². The number of nitrogens with two attached hydrogens (primary N) is 1. The lowest BCUT2D eigenvalue weighted by Gasteiger charge is -2.24. The van der Waals surface area contributed by atoms with Gasteiger partial charge in [-0.1, -0.05) is 30.3 Å². The predicted molar refractivity (Wildman–Crippen MR) is 119 cm³/mol. The van der Waals surface area contributed by atoms with E-state index in [1.165, 1.54) is 0 Å². The van der Waals surface area contributed by atoms with Crippen molar-refractivity contribution < 1.29 is 23.6 Å². The van der Waals surface area contributed by atoms with Crippen LogP contribution in [0.3, 0.4) is 0 Å². The molecule has 160 valence electrons. The van der Waals surface area contributed by atoms with E-state index in [1.54, 1.807) is 18.3 Å². The van der Waals surface area contributed by atoms with Crippen LogP contribution in [0.2, 0.25) is 0 Å². The van der Waals surface area contributed by atoms with E-state index >= 15 is 0 Å². The summed E-state index contributed by atoms with van der Waals surface area (Å²) >= 11 is 1.68. The molecule has 1 atom stereocenters. The molecule has 0 aliphatic rings. The molecule has 0 aliphatic heterocycles. The van der Waals surface area contributed by atoms with Gasteiger partial charge < -0.3 is 20.3 Å². The fraction of sp³-hybridized carbons (Fsp3) is 0.273. The van der Waals surface area contributed by atoms with Gasteiger partial charge in [0.1, 0.15) is 12.4 Å². The van der Waals surface area contributed by atoms with Gasteiger partial charge in [-0.2, -0.15) is 0 Å². The smallest absolute Gasteiger partial charge is 0.469 e. The Labute approximate surface area is 180 Å². The summed E-state index contributed by atoms with van der Waals surface area (Å²) in [6, 6.07) is 22.2. The molecule has 0 saturated carbocycles. The molecule has 1 heterocycles. The average molecular weight is 447 g/mol. The van der Waals surface area contributed by atoms with Gasteiger partial charge in [0.2, 0.25) is 0 Å². The number of phosphoric acid groups is 1. The minimum Gasteiger partial charge on any atom is -0.489 e. The number of rotatable bonds is 10. The Morgan fingerprint density at radius 3 is 2.40 bits per heavy atom. The third kappa shape index (κ3) is 7.36. The Morgan fingerprint density at radius 1 is 1.03 bits per heavy atom. The second kappa shape index (κ2) is 9.88. The Hall–Kier alpha value is -1.99. The van der Waals surface area contributed by atoms with Crippen LogP contribution in [0, 0.1) is 0 Å². The molecule has 0 bridgehead atoms. The zero-order valence-electron chi connectivity index (χ0n) is 16.7. The normalized spacial score (nSPS) is 13.7. The van der Waals surface area contributed by atoms with Crippen molar-refractivity contribution in [1.29, 1.82) is 0 Å². The number of aryl methyl sites for hydroxylation is 1. The quantitative estimate of drug-likeness (QED) is 0.388. The van der Waals surface area contributed by atoms with Crippen molar-refractivity contribution in [2.24, 2.45) is 5.73 Å². The van der Waals surface area contributed by atoms with Crippen LogP contribution in [0.1, 0.15) is 23.8 Å². The van der Waals surface area contributed by atoms with Crippen molar-refractivity contribution in [1.82, 2.24) is 0 Å². The Kier molecular flexibility index (Phi) is 7.47. The van der Waals surface area contributed by atoms with Crippen LogP contribution < -0.4 is 10.5 Å². The van der Waals surface area contributed by atoms with Gasteiger partial charge in [0.25, 0.3) is 0 Å². The highest BCUT2D eigenvalue weighted by Crippen LogP contribution is 2.37. The molecular formula is C22H26NO5PS. The first kappa shape index (κ1) is 22.7. The number of hydrogen-bond donors (Lipinski definition) is 3. The van der Waals surface area contributed by atoms with Crippen molar-refractivity contribution in [2.45, 2.75) is 31.9 Å². The molecular weight excluding hydrogens is 421 g/mol. The van der Waals surface area contributed by atoms with E-state index in [2.05, 4.69) is 16.7 Å². The van der Waals surface area contributed by atoms with E-state index < -0.39 is 13.4 Å². The zero-order valence-corrected chi connectivity index (χ0v) is 18.4. The maximum atomic E-state index is 10.9. The monoisotopic (exact) mass is 447 g/mol. The lowest BCUT2D eigenvalue weighted by Crippen LogP contribution is -2.41. The maximum absolute atomic E-state index is 10.9. The van der Waals surface area contributed by atoms with Crippen molar-refractivity contribution in [3.05, 3.63) is 77.2 Å². The molecule has 0 radical (unpaired) electrons. The first-order chi connectivity index (χ1) is 14.2. The van der Waals surface area contributed by atoms with Crippen molar-refractivity contribution >= 4 is 19.2 Å². The van der Waals surface area contributed by atoms with E-state index in [0.717, 1.165) is 26.6 Å². The van der Waals surface area contributed by atoms with Gasteiger partial charge >= 0.3 is 7.82 Å². The van der Waals surface area contributed by atoms with Crippen LogP contribution in [0.15, 0.2) is 66.7 Å². The maximum Gasteiger partial charge on any atom is 0.469 e. The fourth-order valence-electron chi connectivity index (χ4n) is 2.84. The highest BCUT2D eigenvalue weighted by atomic mass is 32.1. The Balaban J connectivity index is 1.53. The number of ether oxygens (including phenoxy) is 1. The molecule has 2 aromatic carbocycles. The summed E-state index contributed by atoms with van der Waals surface area (Å²) in [5, 5.41) is 0. The van der Waals surface area contributed by atoms with Gasteiger partial charge in [0.15, 0.2) is 0 Å². The molecule has 1 aromatic heterocycles. The molecule has 30 heavy (non-hydrogen) atoms. The lowest BCUT2D eigenvalue weighted by atomic mass is 9.98. The molecule has 0 spiro atoms. The molecule has 0 aliphatic carbocycles. The van der Waals surface area contributed by atoms with Gasteiger partial charge in [-0.15, -0.1) is 11.3 Å². The number of thiophene rings is 1. The fourth-order valence-corrected chi connectivity index (χ4v) is 4.31. The number of hydrogen-bond acceptors (Lipinski definition) is 5. The van der Waals surface area contributed by atoms with Gasteiger partial charge in [-0.25, -0.2) is 4.57 Å². The van der Waals surface area contributed by atoms with Crippen LogP contribution >= 0.6 is 19.2 Å². The summed E-state index contributed by atoms with van der Waals surface area (Å²) in [5.41, 5.74) is 7.52. The minimum atomic E-state index is -4.51. The molecule has 3 rings (SSSR count). The summed E-state index contributed by atoms with van der Waals surface area (Å²) in [7, 11) is -4.51. The largest absolute Gasteiger partial charge is 0.489 e. The van der Waals surface area contributed by atoms with E-state index in [-0.39, 0.29) is 6.61 Å². The topological polar surface area (TPSA) is 102 Å². The zero-order chi connectivity index (χ0) is 21.6. The highest BCUT2D eigenvalue weighted by molar-refractivity contribution is 7.46. The summed E-state index contributed by atoms with van der Waals surface area (Å²) in [6.45, 7) is 2.07. The third-order valence-electron chi connectivity index (χ3n) is 4.55. The molecule has 3 aromatic rings. The van der Waals surface area contributed by atoms with Crippen molar-refractivity contribution in [3.63, 3.8) is 0 Å². The van der Waals surface area contributed by atoms with E-state index in [9.17, 15) is 4.57 Å². The van der Waals surface area contributed by atoms with E-state index in [1.807, 2.05) is 54.6 Å². The molecule has 0 saturated heterocycles. The molecule has 0 amide bonds. The summed E-state index contributed by atoms with van der Waals surface area (Å²) < 4.78 is 21.2. The third-order valence-corrected chi connectivity index (χ3v) is 6.21. The molecule has 4 N–H and O–H groups in total. The van der Waals surface area contributed by atoms with Crippen molar-refractivity contribution in [2.75, 3.05) is 6.61 Å². The van der Waals surface area contributed by atoms with Gasteiger partial charge in [-0.05, 0) is 67.3 Å². The van der Waals surface area contributed by atoms with Crippen LogP contribution in [0.4, 0.5) is 0 Å². The molecule has 6 nitrogen and oxygen atoms in total. The second-order valence-electron chi connectivity index (χ2n) is 7.48. The first-order valence-electron chi connectivity index (χ1n) is 9.55. The summed E-state index contributed by atoms with van der Waals surface area (Å²) in [6.07, 6.45) is 1.26. The average Bonchev–Trinajstić information content (AvgIpc) is 3.19. The highest BCUT2D eigenvalue weighted by Gasteiger charge is 2.24. The van der Waals surface area contributed by atoms with Crippen LogP contribution in [0.5, 0.6) is 5.75 Å². The Bertz CT molecular complexity index is 982. The van der Waals surface area contributed by atoms with Crippen LogP contribution in [0.25, 0.3) is 10.4 Å². The number of phosphoric ester groups is 1. The van der Waals surface area contributed by atoms with E-state index in [0.29, 0.717) is 19.4 Å². The van der Waals surface area contributed by atoms with Gasteiger partial charge in [0, 0.05) is 15.3 Å². The van der Waals surface area contributed by atoms with Gasteiger partial charge in [0.05, 0.1) is 6.61 Å². The minimum absolute atomic E-state index is 0.194. The summed E-state index contributed by atoms with van der Waals surface area (Å²) in [5.74, 6) is 0.823. The SMILES string of the molecule is CC(N)(CCc1ccc(-c2ccc(OCc3ccccc3)cc2)s1)COP(=O)(O)O. The van der Waals surface area contributed by atoms with Crippen LogP contribution in [-0.4, -0.2) is 21.9 Å². The molecule has 8 heteroatoms. The summed E-state index contributed by atoms with van der Waals surface area (Å²) in [4.78, 5) is 20.0. The van der Waals surface area contributed by atoms with Gasteiger partial charge in [-0.3, -0.25) is 4.52 Å². The number of benzene rings is 2. The molecule has 1 unspecified atom stereocenters. The standard InChI is InChI=1S/C22H26NO5PS/c1-22(23,16-28-29(24,25)26)14-13-20-11-12-21(30-20)18-7-9-19(10-8-18)27-15-17-5-3-2-4-6-17/h2-12H,13-16,23H2,1H3,(H2,24,25,26). The van der Waals surface area contributed by atoms with Crippen LogP contribution in [-0.2, 0) is 22.1 Å². The molecule has 0 fully saturated rings. The second-order valence-corrected chi connectivity index (χ2v) is 9.89. The van der Waals surface area contributed by atoms with Crippen molar-refractivity contribution in [3.8, 4) is 16.2 Å². The lowest BCUT2D eigenvalue weighted by molar-refractivity contribution is 0.154. The predicted octanol–water partition coefficient (Wildman–Crippen LogP) is 4.75. The Morgan fingerprint density at radius 2 is 1.73 bits per heavy atom.